The molecule has 0 saturated carbocycles. The summed E-state index contributed by atoms with van der Waals surface area (Å²) >= 11 is 5.94. The highest BCUT2D eigenvalue weighted by molar-refractivity contribution is 6.30. The van der Waals surface area contributed by atoms with E-state index < -0.39 is 0 Å². The fourth-order valence-electron chi connectivity index (χ4n) is 2.48. The van der Waals surface area contributed by atoms with Crippen LogP contribution >= 0.6 is 11.6 Å². The van der Waals surface area contributed by atoms with Crippen molar-refractivity contribution in [2.24, 2.45) is 0 Å². The Kier molecular flexibility index (Phi) is 4.32. The number of hydrogen-bond donors (Lipinski definition) is 1. The van der Waals surface area contributed by atoms with Crippen molar-refractivity contribution in [3.63, 3.8) is 0 Å². The molecular formula is C17H18ClNO2. The van der Waals surface area contributed by atoms with E-state index in [1.165, 1.54) is 11.1 Å². The second-order valence-corrected chi connectivity index (χ2v) is 5.52. The number of rotatable bonds is 5. The number of halogens is 1. The molecule has 1 unspecified atom stereocenters. The standard InChI is InChI=1S/C17H18ClNO2/c1-2-15(13-4-6-14(18)7-5-13)19-10-12-3-8-16-17(9-12)21-11-20-16/h3-9,15,19H,2,10-11H2,1H3. The van der Waals surface area contributed by atoms with Crippen molar-refractivity contribution in [3.8, 4) is 11.5 Å². The fraction of sp³-hybridized carbons (Fsp3) is 0.294. The molecule has 21 heavy (non-hydrogen) atoms. The van der Waals surface area contributed by atoms with Gasteiger partial charge in [0.2, 0.25) is 6.79 Å². The summed E-state index contributed by atoms with van der Waals surface area (Å²) in [6, 6.07) is 14.4. The number of ether oxygens (including phenoxy) is 2. The Morgan fingerprint density at radius 3 is 2.62 bits per heavy atom. The third-order valence-electron chi connectivity index (χ3n) is 3.67. The van der Waals surface area contributed by atoms with Crippen molar-refractivity contribution >= 4 is 11.6 Å². The molecule has 0 fully saturated rings. The van der Waals surface area contributed by atoms with E-state index in [0.29, 0.717) is 12.8 Å². The van der Waals surface area contributed by atoms with Gasteiger partial charge in [-0.3, -0.25) is 0 Å². The van der Waals surface area contributed by atoms with Crippen LogP contribution in [0.15, 0.2) is 42.5 Å². The van der Waals surface area contributed by atoms with Crippen LogP contribution in [0.2, 0.25) is 5.02 Å². The van der Waals surface area contributed by atoms with Crippen molar-refractivity contribution in [2.45, 2.75) is 25.9 Å². The van der Waals surface area contributed by atoms with Crippen LogP contribution in [0.25, 0.3) is 0 Å². The maximum Gasteiger partial charge on any atom is 0.231 e. The second-order valence-electron chi connectivity index (χ2n) is 5.08. The van der Waals surface area contributed by atoms with Gasteiger partial charge in [0, 0.05) is 17.6 Å². The third-order valence-corrected chi connectivity index (χ3v) is 3.92. The van der Waals surface area contributed by atoms with Crippen LogP contribution < -0.4 is 14.8 Å². The Labute approximate surface area is 129 Å². The Balaban J connectivity index is 1.66. The van der Waals surface area contributed by atoms with Crippen LogP contribution in [0.1, 0.15) is 30.5 Å². The van der Waals surface area contributed by atoms with E-state index in [4.69, 9.17) is 21.1 Å². The molecule has 3 nitrogen and oxygen atoms in total. The van der Waals surface area contributed by atoms with Crippen molar-refractivity contribution in [1.82, 2.24) is 5.32 Å². The van der Waals surface area contributed by atoms with Gasteiger partial charge in [-0.1, -0.05) is 36.7 Å². The Bertz CT molecular complexity index is 613. The maximum absolute atomic E-state index is 5.94. The molecule has 1 N–H and O–H groups in total. The van der Waals surface area contributed by atoms with Crippen molar-refractivity contribution < 1.29 is 9.47 Å². The summed E-state index contributed by atoms with van der Waals surface area (Å²) in [5, 5.41) is 4.34. The van der Waals surface area contributed by atoms with Crippen LogP contribution in [0.4, 0.5) is 0 Å². The summed E-state index contributed by atoms with van der Waals surface area (Å²) in [4.78, 5) is 0. The molecule has 110 valence electrons. The van der Waals surface area contributed by atoms with E-state index in [2.05, 4.69) is 30.4 Å². The minimum Gasteiger partial charge on any atom is -0.454 e. The third kappa shape index (κ3) is 3.31. The summed E-state index contributed by atoms with van der Waals surface area (Å²) < 4.78 is 10.7. The topological polar surface area (TPSA) is 30.5 Å². The fourth-order valence-corrected chi connectivity index (χ4v) is 2.61. The van der Waals surface area contributed by atoms with E-state index in [9.17, 15) is 0 Å². The molecule has 0 radical (unpaired) electrons. The molecular weight excluding hydrogens is 286 g/mol. The van der Waals surface area contributed by atoms with Gasteiger partial charge in [-0.15, -0.1) is 0 Å². The first-order valence-electron chi connectivity index (χ1n) is 7.13. The predicted molar refractivity (Wildman–Crippen MR) is 83.9 cm³/mol. The predicted octanol–water partition coefficient (Wildman–Crippen LogP) is 4.31. The molecule has 0 saturated heterocycles. The molecule has 1 aliphatic rings. The van der Waals surface area contributed by atoms with E-state index >= 15 is 0 Å². The maximum atomic E-state index is 5.94. The van der Waals surface area contributed by atoms with E-state index in [-0.39, 0.29) is 0 Å². The summed E-state index contributed by atoms with van der Waals surface area (Å²) in [6.07, 6.45) is 1.02. The van der Waals surface area contributed by atoms with Gasteiger partial charge in [0.1, 0.15) is 0 Å². The molecule has 1 aliphatic heterocycles. The quantitative estimate of drug-likeness (QED) is 0.893. The average Bonchev–Trinajstić information content (AvgIpc) is 2.97. The molecule has 2 aromatic rings. The number of nitrogens with one attached hydrogen (secondary N) is 1. The van der Waals surface area contributed by atoms with Gasteiger partial charge in [0.25, 0.3) is 0 Å². The van der Waals surface area contributed by atoms with Crippen molar-refractivity contribution in [1.29, 1.82) is 0 Å². The summed E-state index contributed by atoms with van der Waals surface area (Å²) in [6.45, 7) is 3.28. The Hall–Kier alpha value is -1.71. The summed E-state index contributed by atoms with van der Waals surface area (Å²) in [5.74, 6) is 1.65. The SMILES string of the molecule is CCC(NCc1ccc2c(c1)OCO2)c1ccc(Cl)cc1. The minimum atomic E-state index is 0.313. The highest BCUT2D eigenvalue weighted by atomic mass is 35.5. The molecule has 4 heteroatoms. The first-order valence-corrected chi connectivity index (χ1v) is 7.51. The normalized spacial score (nSPS) is 14.2. The van der Waals surface area contributed by atoms with Gasteiger partial charge in [-0.25, -0.2) is 0 Å². The zero-order valence-electron chi connectivity index (χ0n) is 11.9. The van der Waals surface area contributed by atoms with Crippen molar-refractivity contribution in [3.05, 3.63) is 58.6 Å². The first kappa shape index (κ1) is 14.2. The summed E-state index contributed by atoms with van der Waals surface area (Å²) in [5.41, 5.74) is 2.44. The van der Waals surface area contributed by atoms with Crippen molar-refractivity contribution in [2.75, 3.05) is 6.79 Å². The first-order chi connectivity index (χ1) is 10.3. The number of hydrogen-bond acceptors (Lipinski definition) is 3. The lowest BCUT2D eigenvalue weighted by Gasteiger charge is -2.17. The zero-order chi connectivity index (χ0) is 14.7. The Morgan fingerprint density at radius 2 is 1.86 bits per heavy atom. The zero-order valence-corrected chi connectivity index (χ0v) is 12.7. The average molecular weight is 304 g/mol. The molecule has 0 bridgehead atoms. The van der Waals surface area contributed by atoms with Gasteiger partial charge < -0.3 is 14.8 Å². The van der Waals surface area contributed by atoms with Crippen LogP contribution in [-0.4, -0.2) is 6.79 Å². The second kappa shape index (κ2) is 6.37. The van der Waals surface area contributed by atoms with Crippen LogP contribution in [0.5, 0.6) is 11.5 Å². The van der Waals surface area contributed by atoms with Gasteiger partial charge in [0.15, 0.2) is 11.5 Å². The smallest absolute Gasteiger partial charge is 0.231 e. The van der Waals surface area contributed by atoms with Gasteiger partial charge in [0.05, 0.1) is 0 Å². The monoisotopic (exact) mass is 303 g/mol. The van der Waals surface area contributed by atoms with Crippen LogP contribution in [0.3, 0.4) is 0 Å². The Morgan fingerprint density at radius 1 is 1.10 bits per heavy atom. The molecule has 2 aromatic carbocycles. The van der Waals surface area contributed by atoms with E-state index in [0.717, 1.165) is 29.5 Å². The van der Waals surface area contributed by atoms with E-state index in [1.54, 1.807) is 0 Å². The lowest BCUT2D eigenvalue weighted by Crippen LogP contribution is -2.20. The molecule has 1 atom stereocenters. The highest BCUT2D eigenvalue weighted by Gasteiger charge is 2.14. The molecule has 0 aliphatic carbocycles. The minimum absolute atomic E-state index is 0.313. The number of fused-ring (bicyclic) bond motifs is 1. The van der Waals surface area contributed by atoms with Gasteiger partial charge >= 0.3 is 0 Å². The lowest BCUT2D eigenvalue weighted by molar-refractivity contribution is 0.174. The molecule has 0 aromatic heterocycles. The van der Waals surface area contributed by atoms with E-state index in [1.807, 2.05) is 24.3 Å². The van der Waals surface area contributed by atoms with Gasteiger partial charge in [-0.05, 0) is 41.8 Å². The largest absolute Gasteiger partial charge is 0.454 e. The lowest BCUT2D eigenvalue weighted by atomic mass is 10.0. The molecule has 3 rings (SSSR count). The highest BCUT2D eigenvalue weighted by Crippen LogP contribution is 2.32. The molecule has 0 amide bonds. The van der Waals surface area contributed by atoms with Crippen LogP contribution in [-0.2, 0) is 6.54 Å². The summed E-state index contributed by atoms with van der Waals surface area (Å²) in [7, 11) is 0. The molecule has 0 spiro atoms. The van der Waals surface area contributed by atoms with Gasteiger partial charge in [-0.2, -0.15) is 0 Å². The molecule has 1 heterocycles. The van der Waals surface area contributed by atoms with Crippen LogP contribution in [0, 0.1) is 0 Å². The number of benzene rings is 2.